The van der Waals surface area contributed by atoms with Gasteiger partial charge in [0.2, 0.25) is 0 Å². The molecule has 0 aliphatic heterocycles. The molecule has 21 heavy (non-hydrogen) atoms. The summed E-state index contributed by atoms with van der Waals surface area (Å²) in [4.78, 5) is 0. The third-order valence-corrected chi connectivity index (χ3v) is 7.70. The molecule has 2 aliphatic rings. The molecule has 2 saturated carbocycles. The molecule has 0 heterocycles. The Kier molecular flexibility index (Phi) is 6.54. The van der Waals surface area contributed by atoms with E-state index in [-0.39, 0.29) is 11.3 Å². The van der Waals surface area contributed by atoms with E-state index in [2.05, 4.69) is 19.2 Å². The molecular formula is C17H33NO2S. The first-order valence-electron chi connectivity index (χ1n) is 8.98. The largest absolute Gasteiger partial charge is 0.313 e. The van der Waals surface area contributed by atoms with Gasteiger partial charge in [-0.3, -0.25) is 0 Å². The molecule has 4 heteroatoms. The average Bonchev–Trinajstić information content (AvgIpc) is 2.97. The summed E-state index contributed by atoms with van der Waals surface area (Å²) >= 11 is 0. The summed E-state index contributed by atoms with van der Waals surface area (Å²) in [5.41, 5.74) is 0. The fourth-order valence-corrected chi connectivity index (χ4v) is 6.45. The van der Waals surface area contributed by atoms with Crippen molar-refractivity contribution < 1.29 is 8.42 Å². The van der Waals surface area contributed by atoms with Crippen molar-refractivity contribution in [3.05, 3.63) is 0 Å². The predicted molar refractivity (Wildman–Crippen MR) is 89.2 cm³/mol. The van der Waals surface area contributed by atoms with E-state index in [1.807, 2.05) is 0 Å². The standard InChI is InChI=1S/C17H33NO2S/c1-3-11-18-17(15-8-4-5-9-15)13-21(19,20)16-10-6-7-14(2)12-16/h14-18H,3-13H2,1-2H3. The molecule has 0 aromatic carbocycles. The van der Waals surface area contributed by atoms with Crippen LogP contribution in [0.15, 0.2) is 0 Å². The van der Waals surface area contributed by atoms with Crippen molar-refractivity contribution in [3.63, 3.8) is 0 Å². The fourth-order valence-electron chi connectivity index (χ4n) is 4.14. The van der Waals surface area contributed by atoms with Gasteiger partial charge in [0.15, 0.2) is 9.84 Å². The van der Waals surface area contributed by atoms with Crippen LogP contribution in [0, 0.1) is 11.8 Å². The summed E-state index contributed by atoms with van der Waals surface area (Å²) < 4.78 is 25.6. The Bertz CT molecular complexity index is 401. The van der Waals surface area contributed by atoms with Gasteiger partial charge in [-0.2, -0.15) is 0 Å². The van der Waals surface area contributed by atoms with Crippen molar-refractivity contribution in [2.24, 2.45) is 11.8 Å². The molecule has 124 valence electrons. The highest BCUT2D eigenvalue weighted by atomic mass is 32.2. The second-order valence-electron chi connectivity index (χ2n) is 7.33. The van der Waals surface area contributed by atoms with Crippen LogP contribution >= 0.6 is 0 Å². The Morgan fingerprint density at radius 2 is 1.81 bits per heavy atom. The number of rotatable bonds is 7. The highest BCUT2D eigenvalue weighted by Gasteiger charge is 2.35. The van der Waals surface area contributed by atoms with Gasteiger partial charge in [0.25, 0.3) is 0 Å². The third-order valence-electron chi connectivity index (χ3n) is 5.43. The molecule has 1 N–H and O–H groups in total. The van der Waals surface area contributed by atoms with Gasteiger partial charge in [-0.15, -0.1) is 0 Å². The van der Waals surface area contributed by atoms with Gasteiger partial charge >= 0.3 is 0 Å². The van der Waals surface area contributed by atoms with Gasteiger partial charge in [-0.1, -0.05) is 39.5 Å². The number of hydrogen-bond donors (Lipinski definition) is 1. The van der Waals surface area contributed by atoms with E-state index in [1.54, 1.807) is 0 Å². The SMILES string of the molecule is CCCNC(CS(=O)(=O)C1CCCC(C)C1)C1CCCC1. The van der Waals surface area contributed by atoms with Crippen LogP contribution in [0.4, 0.5) is 0 Å². The Labute approximate surface area is 131 Å². The van der Waals surface area contributed by atoms with Gasteiger partial charge in [0, 0.05) is 6.04 Å². The molecule has 3 nitrogen and oxygen atoms in total. The average molecular weight is 316 g/mol. The van der Waals surface area contributed by atoms with E-state index in [1.165, 1.54) is 32.1 Å². The zero-order valence-electron chi connectivity index (χ0n) is 13.8. The molecule has 3 unspecified atom stereocenters. The Balaban J connectivity index is 1.99. The van der Waals surface area contributed by atoms with Crippen LogP contribution in [0.3, 0.4) is 0 Å². The lowest BCUT2D eigenvalue weighted by Crippen LogP contribution is -2.44. The van der Waals surface area contributed by atoms with Crippen LogP contribution in [0.1, 0.15) is 71.6 Å². The van der Waals surface area contributed by atoms with E-state index < -0.39 is 9.84 Å². The second kappa shape index (κ2) is 7.96. The van der Waals surface area contributed by atoms with E-state index >= 15 is 0 Å². The van der Waals surface area contributed by atoms with Crippen LogP contribution in [0.5, 0.6) is 0 Å². The van der Waals surface area contributed by atoms with E-state index in [0.29, 0.717) is 17.6 Å². The topological polar surface area (TPSA) is 46.2 Å². The molecule has 2 fully saturated rings. The number of hydrogen-bond acceptors (Lipinski definition) is 3. The zero-order valence-corrected chi connectivity index (χ0v) is 14.6. The van der Waals surface area contributed by atoms with Gasteiger partial charge in [0.1, 0.15) is 0 Å². The lowest BCUT2D eigenvalue weighted by Gasteiger charge is -2.30. The number of sulfone groups is 1. The molecule has 0 aromatic rings. The van der Waals surface area contributed by atoms with Crippen molar-refractivity contribution in [2.45, 2.75) is 82.9 Å². The van der Waals surface area contributed by atoms with Crippen LogP contribution in [-0.4, -0.2) is 32.0 Å². The summed E-state index contributed by atoms with van der Waals surface area (Å²) in [6.45, 7) is 5.29. The molecule has 3 atom stereocenters. The van der Waals surface area contributed by atoms with E-state index in [0.717, 1.165) is 32.2 Å². The third kappa shape index (κ3) is 4.95. The highest BCUT2D eigenvalue weighted by molar-refractivity contribution is 7.92. The monoisotopic (exact) mass is 315 g/mol. The minimum absolute atomic E-state index is 0.0754. The number of nitrogens with one attached hydrogen (secondary N) is 1. The summed E-state index contributed by atoms with van der Waals surface area (Å²) in [7, 11) is -2.95. The molecular weight excluding hydrogens is 282 g/mol. The maximum absolute atomic E-state index is 12.8. The van der Waals surface area contributed by atoms with Crippen LogP contribution in [0.25, 0.3) is 0 Å². The van der Waals surface area contributed by atoms with E-state index in [9.17, 15) is 8.42 Å². The van der Waals surface area contributed by atoms with Crippen LogP contribution < -0.4 is 5.32 Å². The van der Waals surface area contributed by atoms with Gasteiger partial charge in [-0.25, -0.2) is 8.42 Å². The van der Waals surface area contributed by atoms with Gasteiger partial charge < -0.3 is 5.32 Å². The van der Waals surface area contributed by atoms with Gasteiger partial charge in [0.05, 0.1) is 11.0 Å². The predicted octanol–water partition coefficient (Wildman–Crippen LogP) is 3.54. The summed E-state index contributed by atoms with van der Waals surface area (Å²) in [6.07, 6.45) is 10.1. The minimum Gasteiger partial charge on any atom is -0.313 e. The first kappa shape index (κ1) is 17.3. The molecule has 0 saturated heterocycles. The summed E-state index contributed by atoms with van der Waals surface area (Å²) in [6, 6.07) is 0.190. The van der Waals surface area contributed by atoms with Crippen molar-refractivity contribution >= 4 is 9.84 Å². The molecule has 0 spiro atoms. The molecule has 0 amide bonds. The van der Waals surface area contributed by atoms with Crippen molar-refractivity contribution in [3.8, 4) is 0 Å². The molecule has 0 radical (unpaired) electrons. The first-order valence-corrected chi connectivity index (χ1v) is 10.7. The van der Waals surface area contributed by atoms with Crippen molar-refractivity contribution in [2.75, 3.05) is 12.3 Å². The minimum atomic E-state index is -2.95. The first-order chi connectivity index (χ1) is 10.0. The molecule has 2 aliphatic carbocycles. The fraction of sp³-hybridized carbons (Fsp3) is 1.00. The normalized spacial score (nSPS) is 29.6. The maximum atomic E-state index is 12.8. The highest BCUT2D eigenvalue weighted by Crippen LogP contribution is 2.32. The Morgan fingerprint density at radius 1 is 1.10 bits per heavy atom. The molecule has 2 rings (SSSR count). The summed E-state index contributed by atoms with van der Waals surface area (Å²) in [5, 5.41) is 3.46. The second-order valence-corrected chi connectivity index (χ2v) is 9.65. The zero-order chi connectivity index (χ0) is 15.3. The molecule has 0 aromatic heterocycles. The smallest absolute Gasteiger partial charge is 0.154 e. The lowest BCUT2D eigenvalue weighted by molar-refractivity contribution is 0.366. The summed E-state index contributed by atoms with van der Waals surface area (Å²) in [5.74, 6) is 1.52. The maximum Gasteiger partial charge on any atom is 0.154 e. The Hall–Kier alpha value is -0.0900. The van der Waals surface area contributed by atoms with Crippen molar-refractivity contribution in [1.29, 1.82) is 0 Å². The van der Waals surface area contributed by atoms with Crippen molar-refractivity contribution in [1.82, 2.24) is 5.32 Å². The quantitative estimate of drug-likeness (QED) is 0.781. The molecule has 0 bridgehead atoms. The van der Waals surface area contributed by atoms with Crippen LogP contribution in [0.2, 0.25) is 0 Å². The van der Waals surface area contributed by atoms with Gasteiger partial charge in [-0.05, 0) is 50.5 Å². The Morgan fingerprint density at radius 3 is 2.43 bits per heavy atom. The van der Waals surface area contributed by atoms with E-state index in [4.69, 9.17) is 0 Å². The van der Waals surface area contributed by atoms with Crippen LogP contribution in [-0.2, 0) is 9.84 Å². The lowest BCUT2D eigenvalue weighted by atomic mass is 9.90.